The molecule has 2 unspecified atom stereocenters. The third-order valence-corrected chi connectivity index (χ3v) is 12.7. The summed E-state index contributed by atoms with van der Waals surface area (Å²) in [5.74, 6) is 1.59. The normalized spacial score (nSPS) is 15.5. The highest BCUT2D eigenvalue weighted by Crippen LogP contribution is 2.47. The Hall–Kier alpha value is -8.28. The molecular formula is C58H37N3O2. The lowest BCUT2D eigenvalue weighted by atomic mass is 9.87. The molecule has 0 bridgehead atoms. The summed E-state index contributed by atoms with van der Waals surface area (Å²) in [7, 11) is 0. The molecule has 2 atom stereocenters. The van der Waals surface area contributed by atoms with Crippen molar-refractivity contribution >= 4 is 49.3 Å². The number of fused-ring (bicyclic) bond motifs is 9. The van der Waals surface area contributed by atoms with E-state index in [4.69, 9.17) is 19.1 Å². The molecule has 63 heavy (non-hydrogen) atoms. The van der Waals surface area contributed by atoms with E-state index < -0.39 is 0 Å². The summed E-state index contributed by atoms with van der Waals surface area (Å²) in [4.78, 5) is 10.1. The summed E-state index contributed by atoms with van der Waals surface area (Å²) in [6, 6.07) is 68.4. The van der Waals surface area contributed by atoms with Crippen LogP contribution in [0.1, 0.15) is 17.2 Å². The van der Waals surface area contributed by atoms with Gasteiger partial charge in [0.1, 0.15) is 23.0 Å². The Kier molecular flexibility index (Phi) is 7.97. The zero-order valence-electron chi connectivity index (χ0n) is 34.0. The van der Waals surface area contributed by atoms with Crippen LogP contribution in [0.3, 0.4) is 0 Å². The molecule has 13 rings (SSSR count). The van der Waals surface area contributed by atoms with Gasteiger partial charge in [-0.2, -0.15) is 0 Å². The molecule has 5 heteroatoms. The average molecular weight is 808 g/mol. The van der Waals surface area contributed by atoms with Crippen LogP contribution in [0.2, 0.25) is 0 Å². The minimum atomic E-state index is -0.117. The van der Waals surface area contributed by atoms with Crippen molar-refractivity contribution < 1.29 is 9.15 Å². The van der Waals surface area contributed by atoms with Crippen LogP contribution in [0, 0.1) is 0 Å². The van der Waals surface area contributed by atoms with Gasteiger partial charge in [0.25, 0.3) is 0 Å². The molecule has 0 radical (unpaired) electrons. The number of furan rings is 1. The van der Waals surface area contributed by atoms with Crippen LogP contribution in [0.25, 0.3) is 99.9 Å². The van der Waals surface area contributed by atoms with Crippen LogP contribution in [-0.2, 0) is 0 Å². The SMILES string of the molecule is C1=CC2Oc3cc4c(cc3C2C=C1c1cc(-c2ccccc2)nc(-c2ccccc2)n1)oc1ccc(-c2ccc3c(c2)c2cc(-c5ccccc5)ccc2n3-c2ccccc2)cc14. The summed E-state index contributed by atoms with van der Waals surface area (Å²) in [6.45, 7) is 0. The monoisotopic (exact) mass is 807 g/mol. The molecule has 0 saturated carbocycles. The summed E-state index contributed by atoms with van der Waals surface area (Å²) in [6.07, 6.45) is 6.48. The highest BCUT2D eigenvalue weighted by atomic mass is 16.5. The minimum Gasteiger partial charge on any atom is -0.485 e. The van der Waals surface area contributed by atoms with Gasteiger partial charge < -0.3 is 13.7 Å². The topological polar surface area (TPSA) is 53.1 Å². The fourth-order valence-electron chi connectivity index (χ4n) is 9.66. The largest absolute Gasteiger partial charge is 0.485 e. The van der Waals surface area contributed by atoms with Gasteiger partial charge in [-0.15, -0.1) is 0 Å². The molecule has 2 aliphatic rings. The number of allylic oxidation sites excluding steroid dienone is 2. The second-order valence-corrected chi connectivity index (χ2v) is 16.5. The number of para-hydroxylation sites is 1. The molecule has 1 aliphatic carbocycles. The molecule has 0 saturated heterocycles. The maximum absolute atomic E-state index is 6.68. The second-order valence-electron chi connectivity index (χ2n) is 16.5. The lowest BCUT2D eigenvalue weighted by Gasteiger charge is -2.19. The van der Waals surface area contributed by atoms with E-state index in [-0.39, 0.29) is 12.0 Å². The van der Waals surface area contributed by atoms with Gasteiger partial charge in [0, 0.05) is 49.8 Å². The van der Waals surface area contributed by atoms with Crippen molar-refractivity contribution in [2.24, 2.45) is 0 Å². The van der Waals surface area contributed by atoms with Crippen molar-refractivity contribution in [2.45, 2.75) is 12.0 Å². The Labute approximate surface area is 363 Å². The molecule has 4 heterocycles. The third kappa shape index (κ3) is 5.93. The molecule has 5 nitrogen and oxygen atoms in total. The summed E-state index contributed by atoms with van der Waals surface area (Å²) in [5.41, 5.74) is 15.8. The van der Waals surface area contributed by atoms with E-state index in [0.29, 0.717) is 5.82 Å². The molecule has 11 aromatic rings. The number of aromatic nitrogens is 3. The van der Waals surface area contributed by atoms with E-state index in [1.807, 2.05) is 36.4 Å². The minimum absolute atomic E-state index is 0.00985. The van der Waals surface area contributed by atoms with Crippen LogP contribution in [0.5, 0.6) is 5.75 Å². The summed E-state index contributed by atoms with van der Waals surface area (Å²) in [5, 5.41) is 4.55. The van der Waals surface area contributed by atoms with Crippen LogP contribution < -0.4 is 4.74 Å². The Morgan fingerprint density at radius 1 is 0.444 bits per heavy atom. The highest BCUT2D eigenvalue weighted by Gasteiger charge is 2.35. The molecule has 0 spiro atoms. The van der Waals surface area contributed by atoms with Gasteiger partial charge in [0.2, 0.25) is 0 Å². The number of benzene rings is 8. The first kappa shape index (κ1) is 35.5. The molecular weight excluding hydrogens is 771 g/mol. The molecule has 296 valence electrons. The molecule has 0 fully saturated rings. The Morgan fingerprint density at radius 2 is 1.02 bits per heavy atom. The van der Waals surface area contributed by atoms with Gasteiger partial charge in [-0.3, -0.25) is 0 Å². The van der Waals surface area contributed by atoms with Gasteiger partial charge in [-0.1, -0.05) is 140 Å². The van der Waals surface area contributed by atoms with Crippen molar-refractivity contribution in [1.29, 1.82) is 0 Å². The van der Waals surface area contributed by atoms with Crippen molar-refractivity contribution in [3.8, 4) is 56.3 Å². The molecule has 0 amide bonds. The van der Waals surface area contributed by atoms with Crippen LogP contribution in [0.15, 0.2) is 217 Å². The first-order valence-corrected chi connectivity index (χ1v) is 21.5. The van der Waals surface area contributed by atoms with Gasteiger partial charge >= 0.3 is 0 Å². The lowest BCUT2D eigenvalue weighted by molar-refractivity contribution is 0.269. The van der Waals surface area contributed by atoms with E-state index in [2.05, 4.69) is 181 Å². The van der Waals surface area contributed by atoms with E-state index in [0.717, 1.165) is 78.2 Å². The Morgan fingerprint density at radius 3 is 1.71 bits per heavy atom. The summed E-state index contributed by atoms with van der Waals surface area (Å²) >= 11 is 0. The van der Waals surface area contributed by atoms with Crippen molar-refractivity contribution in [2.75, 3.05) is 0 Å². The molecule has 0 N–H and O–H groups in total. The standard InChI is InChI=1S/C58H37N3O2/c1-5-13-36(14-6-1)39-21-25-52-44(29-39)45-30-40(22-26-53(45)61(52)43-19-11-4-12-20-43)41-23-27-54-46(31-41)48-33-57-49(34-56(48)62-54)47-32-42(24-28-55(47)63-57)51-35-50(37-15-7-2-8-16-37)59-58(60-51)38-17-9-3-10-18-38/h1-35,47,55H. The highest BCUT2D eigenvalue weighted by molar-refractivity contribution is 6.12. The van der Waals surface area contributed by atoms with Crippen LogP contribution >= 0.6 is 0 Å². The van der Waals surface area contributed by atoms with E-state index in [9.17, 15) is 0 Å². The van der Waals surface area contributed by atoms with Crippen molar-refractivity contribution in [1.82, 2.24) is 14.5 Å². The molecule has 3 aromatic heterocycles. The number of rotatable bonds is 6. The zero-order chi connectivity index (χ0) is 41.4. The van der Waals surface area contributed by atoms with Gasteiger partial charge in [0.15, 0.2) is 5.82 Å². The fourth-order valence-corrected chi connectivity index (χ4v) is 9.66. The van der Waals surface area contributed by atoms with E-state index in [1.54, 1.807) is 0 Å². The number of nitrogens with zero attached hydrogens (tertiary/aromatic N) is 3. The number of ether oxygens (including phenoxy) is 1. The van der Waals surface area contributed by atoms with Gasteiger partial charge in [-0.05, 0) is 101 Å². The van der Waals surface area contributed by atoms with Gasteiger partial charge in [0.05, 0.1) is 22.4 Å². The van der Waals surface area contributed by atoms with Crippen LogP contribution in [0.4, 0.5) is 0 Å². The maximum Gasteiger partial charge on any atom is 0.160 e. The Balaban J connectivity index is 0.889. The molecule has 1 aliphatic heterocycles. The van der Waals surface area contributed by atoms with Crippen molar-refractivity contribution in [3.05, 3.63) is 224 Å². The zero-order valence-corrected chi connectivity index (χ0v) is 34.0. The predicted octanol–water partition coefficient (Wildman–Crippen LogP) is 14.6. The quantitative estimate of drug-likeness (QED) is 0.168. The van der Waals surface area contributed by atoms with Crippen LogP contribution in [-0.4, -0.2) is 20.6 Å². The predicted molar refractivity (Wildman–Crippen MR) is 256 cm³/mol. The Bertz CT molecular complexity index is 3590. The average Bonchev–Trinajstić information content (AvgIpc) is 4.01. The summed E-state index contributed by atoms with van der Waals surface area (Å²) < 4.78 is 15.7. The number of hydrogen-bond donors (Lipinski definition) is 0. The number of hydrogen-bond acceptors (Lipinski definition) is 4. The lowest BCUT2D eigenvalue weighted by Crippen LogP contribution is -2.17. The van der Waals surface area contributed by atoms with E-state index >= 15 is 0 Å². The van der Waals surface area contributed by atoms with Crippen molar-refractivity contribution in [3.63, 3.8) is 0 Å². The first-order chi connectivity index (χ1) is 31.2. The molecule has 8 aromatic carbocycles. The van der Waals surface area contributed by atoms with E-state index in [1.165, 1.54) is 32.9 Å². The van der Waals surface area contributed by atoms with Gasteiger partial charge in [-0.25, -0.2) is 9.97 Å². The fraction of sp³-hybridized carbons (Fsp3) is 0.0345. The first-order valence-electron chi connectivity index (χ1n) is 21.5. The second kappa shape index (κ2) is 14.2. The third-order valence-electron chi connectivity index (χ3n) is 12.7. The maximum atomic E-state index is 6.68. The smallest absolute Gasteiger partial charge is 0.160 e.